The highest BCUT2D eigenvalue weighted by Gasteiger charge is 2.24. The van der Waals surface area contributed by atoms with Crippen molar-refractivity contribution in [2.75, 3.05) is 19.6 Å². The van der Waals surface area contributed by atoms with Crippen LogP contribution in [0.25, 0.3) is 0 Å². The third kappa shape index (κ3) is 5.39. The van der Waals surface area contributed by atoms with Crippen LogP contribution in [0.4, 0.5) is 0 Å². The Hall–Kier alpha value is -0.0800. The van der Waals surface area contributed by atoms with Crippen LogP contribution in [0.2, 0.25) is 0 Å². The molecule has 1 aliphatic heterocycles. The maximum Gasteiger partial charge on any atom is 0.00816 e. The molecule has 1 N–H and O–H groups in total. The normalized spacial score (nSPS) is 25.8. The first-order valence-corrected chi connectivity index (χ1v) is 7.65. The summed E-state index contributed by atoms with van der Waals surface area (Å²) in [6, 6.07) is 1.36. The number of nitrogens with zero attached hydrogens (tertiary/aromatic N) is 1. The standard InChI is InChI=1S/C15H32N2/c1-5-7-9-13(3)16-14(4)15-10-8-11-17(6-2)12-15/h13-16H,5-12H2,1-4H3. The molecule has 1 aliphatic rings. The number of piperidine rings is 1. The predicted molar refractivity (Wildman–Crippen MR) is 76.4 cm³/mol. The summed E-state index contributed by atoms with van der Waals surface area (Å²) in [6.07, 6.45) is 6.78. The first-order valence-electron chi connectivity index (χ1n) is 7.65. The first kappa shape index (κ1) is 15.0. The molecule has 17 heavy (non-hydrogen) atoms. The second kappa shape index (κ2) is 8.10. The highest BCUT2D eigenvalue weighted by molar-refractivity contribution is 4.81. The van der Waals surface area contributed by atoms with Crippen molar-refractivity contribution in [3.8, 4) is 0 Å². The summed E-state index contributed by atoms with van der Waals surface area (Å²) in [5.41, 5.74) is 0. The molecule has 2 nitrogen and oxygen atoms in total. The molecule has 0 saturated carbocycles. The van der Waals surface area contributed by atoms with Gasteiger partial charge >= 0.3 is 0 Å². The Balaban J connectivity index is 2.28. The Morgan fingerprint density at radius 1 is 1.29 bits per heavy atom. The van der Waals surface area contributed by atoms with Crippen molar-refractivity contribution < 1.29 is 0 Å². The third-order valence-corrected chi connectivity index (χ3v) is 4.23. The summed E-state index contributed by atoms with van der Waals surface area (Å²) in [5, 5.41) is 3.80. The van der Waals surface area contributed by atoms with Crippen LogP contribution in [0.1, 0.15) is 59.8 Å². The number of rotatable bonds is 7. The van der Waals surface area contributed by atoms with Crippen molar-refractivity contribution in [1.82, 2.24) is 10.2 Å². The van der Waals surface area contributed by atoms with Crippen LogP contribution in [0, 0.1) is 5.92 Å². The van der Waals surface area contributed by atoms with Gasteiger partial charge in [0.25, 0.3) is 0 Å². The molecule has 0 spiro atoms. The van der Waals surface area contributed by atoms with Crippen LogP contribution < -0.4 is 5.32 Å². The summed E-state index contributed by atoms with van der Waals surface area (Å²) in [4.78, 5) is 2.60. The molecule has 102 valence electrons. The van der Waals surface area contributed by atoms with Crippen LogP contribution >= 0.6 is 0 Å². The first-order chi connectivity index (χ1) is 8.17. The number of likely N-dealkylation sites (tertiary alicyclic amines) is 1. The van der Waals surface area contributed by atoms with Crippen LogP contribution in [-0.4, -0.2) is 36.6 Å². The Morgan fingerprint density at radius 3 is 2.71 bits per heavy atom. The van der Waals surface area contributed by atoms with Gasteiger partial charge in [-0.1, -0.05) is 26.7 Å². The largest absolute Gasteiger partial charge is 0.311 e. The van der Waals surface area contributed by atoms with E-state index in [1.807, 2.05) is 0 Å². The van der Waals surface area contributed by atoms with Gasteiger partial charge in [0.05, 0.1) is 0 Å². The molecule has 1 fully saturated rings. The van der Waals surface area contributed by atoms with Gasteiger partial charge < -0.3 is 10.2 Å². The highest BCUT2D eigenvalue weighted by Crippen LogP contribution is 2.20. The van der Waals surface area contributed by atoms with Crippen LogP contribution in [0.15, 0.2) is 0 Å². The smallest absolute Gasteiger partial charge is 0.00816 e. The Labute approximate surface area is 108 Å². The van der Waals surface area contributed by atoms with E-state index >= 15 is 0 Å². The maximum atomic E-state index is 3.80. The number of nitrogens with one attached hydrogen (secondary N) is 1. The fraction of sp³-hybridized carbons (Fsp3) is 1.00. The van der Waals surface area contributed by atoms with Crippen molar-refractivity contribution in [3.63, 3.8) is 0 Å². The molecular formula is C15H32N2. The number of hydrogen-bond acceptors (Lipinski definition) is 2. The highest BCUT2D eigenvalue weighted by atomic mass is 15.1. The molecule has 0 aromatic heterocycles. The van der Waals surface area contributed by atoms with Gasteiger partial charge in [-0.3, -0.25) is 0 Å². The van der Waals surface area contributed by atoms with Gasteiger partial charge in [-0.2, -0.15) is 0 Å². The van der Waals surface area contributed by atoms with Crippen LogP contribution in [-0.2, 0) is 0 Å². The van der Waals surface area contributed by atoms with E-state index in [1.54, 1.807) is 0 Å². The van der Waals surface area contributed by atoms with Crippen molar-refractivity contribution >= 4 is 0 Å². The average molecular weight is 240 g/mol. The number of hydrogen-bond donors (Lipinski definition) is 1. The Morgan fingerprint density at radius 2 is 2.06 bits per heavy atom. The van der Waals surface area contributed by atoms with Gasteiger partial charge in [-0.25, -0.2) is 0 Å². The van der Waals surface area contributed by atoms with Crippen molar-refractivity contribution in [2.24, 2.45) is 5.92 Å². The zero-order chi connectivity index (χ0) is 12.7. The molecule has 3 atom stereocenters. The molecule has 1 rings (SSSR count). The monoisotopic (exact) mass is 240 g/mol. The minimum absolute atomic E-state index is 0.677. The van der Waals surface area contributed by atoms with Crippen LogP contribution in [0.5, 0.6) is 0 Å². The summed E-state index contributed by atoms with van der Waals surface area (Å²) < 4.78 is 0. The van der Waals surface area contributed by atoms with Gasteiger partial charge in [-0.05, 0) is 52.1 Å². The molecule has 3 unspecified atom stereocenters. The molecular weight excluding hydrogens is 208 g/mol. The molecule has 1 saturated heterocycles. The fourth-order valence-corrected chi connectivity index (χ4v) is 2.97. The average Bonchev–Trinajstić information content (AvgIpc) is 2.36. The van der Waals surface area contributed by atoms with Gasteiger partial charge in [0.15, 0.2) is 0 Å². The molecule has 0 bridgehead atoms. The van der Waals surface area contributed by atoms with Gasteiger partial charge in [0.2, 0.25) is 0 Å². The topological polar surface area (TPSA) is 15.3 Å². The quantitative estimate of drug-likeness (QED) is 0.735. The van der Waals surface area contributed by atoms with E-state index < -0.39 is 0 Å². The summed E-state index contributed by atoms with van der Waals surface area (Å²) in [5.74, 6) is 0.854. The molecule has 0 radical (unpaired) electrons. The third-order valence-electron chi connectivity index (χ3n) is 4.23. The molecule has 0 aromatic rings. The summed E-state index contributed by atoms with van der Waals surface area (Å²) in [7, 11) is 0. The van der Waals surface area contributed by atoms with E-state index in [1.165, 1.54) is 51.7 Å². The van der Waals surface area contributed by atoms with E-state index in [4.69, 9.17) is 0 Å². The predicted octanol–water partition coefficient (Wildman–Crippen LogP) is 3.28. The van der Waals surface area contributed by atoms with Gasteiger partial charge in [0, 0.05) is 18.6 Å². The second-order valence-electron chi connectivity index (χ2n) is 5.79. The van der Waals surface area contributed by atoms with Crippen molar-refractivity contribution in [1.29, 1.82) is 0 Å². The fourth-order valence-electron chi connectivity index (χ4n) is 2.97. The molecule has 0 aliphatic carbocycles. The molecule has 2 heteroatoms. The zero-order valence-corrected chi connectivity index (χ0v) is 12.3. The Bertz CT molecular complexity index is 193. The van der Waals surface area contributed by atoms with Crippen molar-refractivity contribution in [3.05, 3.63) is 0 Å². The summed E-state index contributed by atoms with van der Waals surface area (Å²) in [6.45, 7) is 13.1. The maximum absolute atomic E-state index is 3.80. The SMILES string of the molecule is CCCCC(C)NC(C)C1CCCN(CC)C1. The van der Waals surface area contributed by atoms with Gasteiger partial charge in [-0.15, -0.1) is 0 Å². The lowest BCUT2D eigenvalue weighted by Gasteiger charge is -2.36. The van der Waals surface area contributed by atoms with E-state index in [0.29, 0.717) is 12.1 Å². The molecule has 0 aromatic carbocycles. The number of unbranched alkanes of at least 4 members (excludes halogenated alkanes) is 1. The lowest BCUT2D eigenvalue weighted by Crippen LogP contribution is -2.46. The van der Waals surface area contributed by atoms with Crippen molar-refractivity contribution in [2.45, 2.75) is 71.9 Å². The zero-order valence-electron chi connectivity index (χ0n) is 12.3. The van der Waals surface area contributed by atoms with E-state index in [9.17, 15) is 0 Å². The van der Waals surface area contributed by atoms with Gasteiger partial charge in [0.1, 0.15) is 0 Å². The molecule has 1 heterocycles. The minimum atomic E-state index is 0.677. The van der Waals surface area contributed by atoms with E-state index in [0.717, 1.165) is 5.92 Å². The summed E-state index contributed by atoms with van der Waals surface area (Å²) >= 11 is 0. The Kier molecular flexibility index (Phi) is 7.14. The van der Waals surface area contributed by atoms with E-state index in [2.05, 4.69) is 37.9 Å². The lowest BCUT2D eigenvalue weighted by molar-refractivity contribution is 0.152. The van der Waals surface area contributed by atoms with Crippen LogP contribution in [0.3, 0.4) is 0 Å². The minimum Gasteiger partial charge on any atom is -0.311 e. The van der Waals surface area contributed by atoms with E-state index in [-0.39, 0.29) is 0 Å². The lowest BCUT2D eigenvalue weighted by atomic mass is 9.91. The second-order valence-corrected chi connectivity index (χ2v) is 5.79. The molecule has 0 amide bonds.